The van der Waals surface area contributed by atoms with Gasteiger partial charge in [0.1, 0.15) is 0 Å². The summed E-state index contributed by atoms with van der Waals surface area (Å²) < 4.78 is 0. The Labute approximate surface area is 102 Å². The van der Waals surface area contributed by atoms with E-state index < -0.39 is 0 Å². The average Bonchev–Trinajstić information content (AvgIpc) is 2.39. The lowest BCUT2D eigenvalue weighted by Crippen LogP contribution is -1.97. The van der Waals surface area contributed by atoms with Gasteiger partial charge >= 0.3 is 0 Å². The Kier molecular flexibility index (Phi) is 3.91. The van der Waals surface area contributed by atoms with Crippen LogP contribution in [0.15, 0.2) is 48.5 Å². The zero-order chi connectivity index (χ0) is 12.1. The summed E-state index contributed by atoms with van der Waals surface area (Å²) in [6, 6.07) is 16.3. The van der Waals surface area contributed by atoms with E-state index in [1.165, 1.54) is 11.1 Å². The first-order chi connectivity index (χ1) is 8.31. The van der Waals surface area contributed by atoms with Crippen molar-refractivity contribution in [2.24, 2.45) is 5.73 Å². The molecule has 0 aliphatic carbocycles. The van der Waals surface area contributed by atoms with Crippen molar-refractivity contribution in [1.29, 1.82) is 0 Å². The molecule has 0 aliphatic rings. The van der Waals surface area contributed by atoms with Crippen LogP contribution in [0.2, 0.25) is 0 Å². The van der Waals surface area contributed by atoms with Crippen LogP contribution < -0.4 is 5.73 Å². The van der Waals surface area contributed by atoms with E-state index >= 15 is 0 Å². The monoisotopic (exact) mass is 227 g/mol. The van der Waals surface area contributed by atoms with Crippen LogP contribution in [0.4, 0.5) is 0 Å². The number of aliphatic hydroxyl groups excluding tert-OH is 1. The molecular weight excluding hydrogens is 210 g/mol. The first kappa shape index (κ1) is 11.8. The fraction of sp³-hybridized carbons (Fsp3) is 0.200. The Bertz CT molecular complexity index is 448. The molecule has 0 bridgehead atoms. The van der Waals surface area contributed by atoms with Crippen LogP contribution in [0.5, 0.6) is 0 Å². The third-order valence-electron chi connectivity index (χ3n) is 2.81. The van der Waals surface area contributed by atoms with Crippen molar-refractivity contribution in [1.82, 2.24) is 0 Å². The number of nitrogens with two attached hydrogens (primary N) is 1. The van der Waals surface area contributed by atoms with E-state index in [9.17, 15) is 0 Å². The SMILES string of the molecule is NCc1cccc(Cc2cccc(CO)c2)c1. The van der Waals surface area contributed by atoms with Gasteiger partial charge in [0.05, 0.1) is 6.61 Å². The van der Waals surface area contributed by atoms with Crippen LogP contribution in [0.1, 0.15) is 22.3 Å². The van der Waals surface area contributed by atoms with Gasteiger partial charge in [-0.25, -0.2) is 0 Å². The van der Waals surface area contributed by atoms with Crippen molar-refractivity contribution in [3.05, 3.63) is 70.8 Å². The Morgan fingerprint density at radius 1 is 0.824 bits per heavy atom. The minimum Gasteiger partial charge on any atom is -0.392 e. The lowest BCUT2D eigenvalue weighted by atomic mass is 10.0. The van der Waals surface area contributed by atoms with Gasteiger partial charge in [-0.15, -0.1) is 0 Å². The molecule has 0 heterocycles. The largest absolute Gasteiger partial charge is 0.392 e. The van der Waals surface area contributed by atoms with Gasteiger partial charge in [-0.05, 0) is 28.7 Å². The lowest BCUT2D eigenvalue weighted by Gasteiger charge is -2.05. The van der Waals surface area contributed by atoms with E-state index in [1.54, 1.807) is 0 Å². The van der Waals surface area contributed by atoms with Crippen LogP contribution >= 0.6 is 0 Å². The maximum Gasteiger partial charge on any atom is 0.0681 e. The molecule has 0 unspecified atom stereocenters. The Morgan fingerprint density at radius 3 is 1.94 bits per heavy atom. The van der Waals surface area contributed by atoms with Crippen LogP contribution in [0.25, 0.3) is 0 Å². The van der Waals surface area contributed by atoms with Crippen LogP contribution in [0, 0.1) is 0 Å². The molecule has 0 atom stereocenters. The van der Waals surface area contributed by atoms with Crippen molar-refractivity contribution in [3.8, 4) is 0 Å². The molecule has 0 saturated heterocycles. The highest BCUT2D eigenvalue weighted by molar-refractivity contribution is 5.31. The summed E-state index contributed by atoms with van der Waals surface area (Å²) in [6.07, 6.45) is 0.877. The van der Waals surface area contributed by atoms with Crippen molar-refractivity contribution < 1.29 is 5.11 Å². The van der Waals surface area contributed by atoms with Crippen molar-refractivity contribution >= 4 is 0 Å². The van der Waals surface area contributed by atoms with Crippen LogP contribution in [-0.2, 0) is 19.6 Å². The second-order valence-corrected chi connectivity index (χ2v) is 4.18. The highest BCUT2D eigenvalue weighted by atomic mass is 16.3. The summed E-state index contributed by atoms with van der Waals surface area (Å²) in [6.45, 7) is 0.668. The molecule has 0 aliphatic heterocycles. The zero-order valence-corrected chi connectivity index (χ0v) is 9.76. The normalized spacial score (nSPS) is 10.5. The molecule has 2 aromatic carbocycles. The van der Waals surface area contributed by atoms with E-state index in [0.29, 0.717) is 6.54 Å². The summed E-state index contributed by atoms with van der Waals surface area (Å²) in [5, 5.41) is 9.09. The highest BCUT2D eigenvalue weighted by Crippen LogP contribution is 2.13. The Hall–Kier alpha value is -1.64. The molecule has 2 heteroatoms. The van der Waals surface area contributed by atoms with Gasteiger partial charge < -0.3 is 10.8 Å². The second-order valence-electron chi connectivity index (χ2n) is 4.18. The molecule has 2 nitrogen and oxygen atoms in total. The van der Waals surface area contributed by atoms with Crippen LogP contribution in [0.3, 0.4) is 0 Å². The second kappa shape index (κ2) is 5.62. The van der Waals surface area contributed by atoms with Gasteiger partial charge in [0.15, 0.2) is 0 Å². The van der Waals surface area contributed by atoms with E-state index in [2.05, 4.69) is 18.2 Å². The van der Waals surface area contributed by atoms with E-state index in [4.69, 9.17) is 10.8 Å². The predicted octanol–water partition coefficient (Wildman–Crippen LogP) is 2.23. The number of hydrogen-bond donors (Lipinski definition) is 2. The fourth-order valence-electron chi connectivity index (χ4n) is 1.94. The number of aliphatic hydroxyl groups is 1. The molecule has 3 N–H and O–H groups in total. The van der Waals surface area contributed by atoms with Gasteiger partial charge in [-0.3, -0.25) is 0 Å². The standard InChI is InChI=1S/C15H17NO/c16-10-14-5-1-3-12(8-14)7-13-4-2-6-15(9-13)11-17/h1-6,8-9,17H,7,10-11,16H2. The van der Waals surface area contributed by atoms with Crippen molar-refractivity contribution in [3.63, 3.8) is 0 Å². The summed E-state index contributed by atoms with van der Waals surface area (Å²) >= 11 is 0. The molecule has 88 valence electrons. The third-order valence-corrected chi connectivity index (χ3v) is 2.81. The van der Waals surface area contributed by atoms with E-state index in [0.717, 1.165) is 17.5 Å². The molecule has 2 rings (SSSR count). The van der Waals surface area contributed by atoms with Gasteiger partial charge in [0.25, 0.3) is 0 Å². The van der Waals surface area contributed by atoms with Gasteiger partial charge in [-0.2, -0.15) is 0 Å². The van der Waals surface area contributed by atoms with E-state index in [-0.39, 0.29) is 6.61 Å². The molecule has 0 saturated carbocycles. The molecular formula is C15H17NO. The smallest absolute Gasteiger partial charge is 0.0681 e. The summed E-state index contributed by atoms with van der Waals surface area (Å²) in [5.74, 6) is 0. The first-order valence-corrected chi connectivity index (χ1v) is 5.78. The van der Waals surface area contributed by atoms with Crippen molar-refractivity contribution in [2.75, 3.05) is 0 Å². The summed E-state index contributed by atoms with van der Waals surface area (Å²) in [5.41, 5.74) is 10.2. The topological polar surface area (TPSA) is 46.2 Å². The Morgan fingerprint density at radius 2 is 1.35 bits per heavy atom. The quantitative estimate of drug-likeness (QED) is 0.841. The zero-order valence-electron chi connectivity index (χ0n) is 9.76. The fourth-order valence-corrected chi connectivity index (χ4v) is 1.94. The number of hydrogen-bond acceptors (Lipinski definition) is 2. The molecule has 2 aromatic rings. The minimum absolute atomic E-state index is 0.0939. The summed E-state index contributed by atoms with van der Waals surface area (Å²) in [4.78, 5) is 0. The van der Waals surface area contributed by atoms with Crippen LogP contribution in [-0.4, -0.2) is 5.11 Å². The predicted molar refractivity (Wildman–Crippen MR) is 69.5 cm³/mol. The molecule has 0 spiro atoms. The highest BCUT2D eigenvalue weighted by Gasteiger charge is 1.99. The van der Waals surface area contributed by atoms with E-state index in [1.807, 2.05) is 30.3 Å². The maximum atomic E-state index is 9.09. The third kappa shape index (κ3) is 3.16. The maximum absolute atomic E-state index is 9.09. The Balaban J connectivity index is 2.18. The lowest BCUT2D eigenvalue weighted by molar-refractivity contribution is 0.281. The number of benzene rings is 2. The molecule has 0 aromatic heterocycles. The van der Waals surface area contributed by atoms with Gasteiger partial charge in [-0.1, -0.05) is 48.5 Å². The van der Waals surface area contributed by atoms with Gasteiger partial charge in [0, 0.05) is 6.54 Å². The average molecular weight is 227 g/mol. The number of rotatable bonds is 4. The van der Waals surface area contributed by atoms with Crippen molar-refractivity contribution in [2.45, 2.75) is 19.6 Å². The van der Waals surface area contributed by atoms with Gasteiger partial charge in [0.2, 0.25) is 0 Å². The molecule has 0 amide bonds. The summed E-state index contributed by atoms with van der Waals surface area (Å²) in [7, 11) is 0. The first-order valence-electron chi connectivity index (χ1n) is 5.78. The minimum atomic E-state index is 0.0939. The molecule has 0 fully saturated rings. The molecule has 17 heavy (non-hydrogen) atoms. The molecule has 0 radical (unpaired) electrons.